The molecule has 0 bridgehead atoms. The van der Waals surface area contributed by atoms with E-state index in [1.807, 2.05) is 0 Å². The maximum atomic E-state index is 12.6. The molecule has 1 saturated heterocycles. The highest BCUT2D eigenvalue weighted by molar-refractivity contribution is 7.89. The van der Waals surface area contributed by atoms with E-state index in [9.17, 15) is 13.2 Å². The molecule has 0 radical (unpaired) electrons. The molecule has 2 heterocycles. The molecule has 132 valence electrons. The minimum absolute atomic E-state index is 0.167. The van der Waals surface area contributed by atoms with Crippen molar-refractivity contribution >= 4 is 33.6 Å². The van der Waals surface area contributed by atoms with Gasteiger partial charge in [-0.2, -0.15) is 4.31 Å². The number of nitrogens with zero attached hydrogens (tertiary/aromatic N) is 2. The van der Waals surface area contributed by atoms with Gasteiger partial charge in [-0.15, -0.1) is 0 Å². The first-order valence-corrected chi connectivity index (χ1v) is 9.55. The van der Waals surface area contributed by atoms with Gasteiger partial charge in [0, 0.05) is 37.3 Å². The van der Waals surface area contributed by atoms with Crippen LogP contribution in [0.15, 0.2) is 58.1 Å². The van der Waals surface area contributed by atoms with Crippen molar-refractivity contribution in [3.63, 3.8) is 0 Å². The summed E-state index contributed by atoms with van der Waals surface area (Å²) in [6.45, 7) is 1.19. The van der Waals surface area contributed by atoms with Crippen molar-refractivity contribution < 1.29 is 17.6 Å². The van der Waals surface area contributed by atoms with E-state index in [-0.39, 0.29) is 23.9 Å². The van der Waals surface area contributed by atoms with E-state index in [1.54, 1.807) is 35.2 Å². The Labute approximate surface area is 151 Å². The molecular weight excluding hydrogens is 364 g/mol. The van der Waals surface area contributed by atoms with Gasteiger partial charge in [-0.3, -0.25) is 4.79 Å². The summed E-state index contributed by atoms with van der Waals surface area (Å²) in [5.74, 6) is 0.428. The van der Waals surface area contributed by atoms with Crippen LogP contribution in [-0.2, 0) is 14.8 Å². The summed E-state index contributed by atoms with van der Waals surface area (Å²) in [6.07, 6.45) is 4.56. The lowest BCUT2D eigenvalue weighted by Crippen LogP contribution is -2.50. The number of hydrogen-bond acceptors (Lipinski definition) is 4. The van der Waals surface area contributed by atoms with Crippen molar-refractivity contribution in [2.75, 3.05) is 26.2 Å². The molecule has 1 aromatic heterocycles. The van der Waals surface area contributed by atoms with E-state index in [1.165, 1.54) is 28.8 Å². The second kappa shape index (κ2) is 7.43. The van der Waals surface area contributed by atoms with Gasteiger partial charge in [0.1, 0.15) is 5.76 Å². The molecule has 1 amide bonds. The number of rotatable bonds is 4. The molecular formula is C17H17ClN2O4S. The number of piperazine rings is 1. The molecule has 8 heteroatoms. The average Bonchev–Trinajstić information content (AvgIpc) is 3.14. The van der Waals surface area contributed by atoms with E-state index < -0.39 is 10.0 Å². The number of carbonyl (C=O) groups excluding carboxylic acids is 1. The normalized spacial score (nSPS) is 16.4. The molecule has 6 nitrogen and oxygen atoms in total. The molecule has 1 aromatic carbocycles. The fourth-order valence-corrected chi connectivity index (χ4v) is 4.10. The lowest BCUT2D eigenvalue weighted by atomic mass is 10.3. The fraction of sp³-hybridized carbons (Fsp3) is 0.235. The van der Waals surface area contributed by atoms with Gasteiger partial charge in [-0.1, -0.05) is 11.6 Å². The van der Waals surface area contributed by atoms with Crippen molar-refractivity contribution in [3.05, 3.63) is 59.5 Å². The molecule has 1 aliphatic heterocycles. The SMILES string of the molecule is O=C(/C=C/c1ccco1)N1CCN(S(=O)(=O)c2ccc(Cl)cc2)CC1. The smallest absolute Gasteiger partial charge is 0.246 e. The van der Waals surface area contributed by atoms with E-state index in [0.29, 0.717) is 23.9 Å². The number of halogens is 1. The minimum atomic E-state index is -3.57. The molecule has 0 atom stereocenters. The summed E-state index contributed by atoms with van der Waals surface area (Å²) in [5.41, 5.74) is 0. The molecule has 0 N–H and O–H groups in total. The summed E-state index contributed by atoms with van der Waals surface area (Å²) in [4.78, 5) is 14.0. The number of furan rings is 1. The van der Waals surface area contributed by atoms with Crippen molar-refractivity contribution in [1.29, 1.82) is 0 Å². The highest BCUT2D eigenvalue weighted by Gasteiger charge is 2.29. The summed E-state index contributed by atoms with van der Waals surface area (Å²) in [6, 6.07) is 9.56. The predicted molar refractivity (Wildman–Crippen MR) is 94.5 cm³/mol. The number of sulfonamides is 1. The average molecular weight is 381 g/mol. The van der Waals surface area contributed by atoms with E-state index >= 15 is 0 Å². The van der Waals surface area contributed by atoms with Gasteiger partial charge < -0.3 is 9.32 Å². The van der Waals surface area contributed by atoms with Crippen LogP contribution in [0.4, 0.5) is 0 Å². The number of carbonyl (C=O) groups is 1. The van der Waals surface area contributed by atoms with Gasteiger partial charge in [0.2, 0.25) is 15.9 Å². The van der Waals surface area contributed by atoms with Crippen LogP contribution >= 0.6 is 11.6 Å². The number of hydrogen-bond donors (Lipinski definition) is 0. The van der Waals surface area contributed by atoms with Gasteiger partial charge in [0.25, 0.3) is 0 Å². The van der Waals surface area contributed by atoms with Crippen LogP contribution in [0.5, 0.6) is 0 Å². The third kappa shape index (κ3) is 4.12. The Kier molecular flexibility index (Phi) is 5.27. The number of amides is 1. The highest BCUT2D eigenvalue weighted by atomic mass is 35.5. The van der Waals surface area contributed by atoms with Crippen molar-refractivity contribution in [2.45, 2.75) is 4.90 Å². The zero-order chi connectivity index (χ0) is 17.9. The summed E-state index contributed by atoms with van der Waals surface area (Å²) in [5, 5.41) is 0.484. The molecule has 1 fully saturated rings. The largest absolute Gasteiger partial charge is 0.465 e. The standard InChI is InChI=1S/C17H17ClN2O4S/c18-14-3-6-16(7-4-14)25(22,23)20-11-9-19(10-12-20)17(21)8-5-15-2-1-13-24-15/h1-8,13H,9-12H2/b8-5+. The first kappa shape index (κ1) is 17.7. The Hall–Kier alpha value is -2.09. The topological polar surface area (TPSA) is 70.8 Å². The van der Waals surface area contributed by atoms with E-state index in [4.69, 9.17) is 16.0 Å². The lowest BCUT2D eigenvalue weighted by molar-refractivity contribution is -0.127. The van der Waals surface area contributed by atoms with Crippen molar-refractivity contribution in [1.82, 2.24) is 9.21 Å². The van der Waals surface area contributed by atoms with Crippen molar-refractivity contribution in [3.8, 4) is 0 Å². The van der Waals surface area contributed by atoms with Gasteiger partial charge in [-0.25, -0.2) is 8.42 Å². The van der Waals surface area contributed by atoms with Gasteiger partial charge in [0.15, 0.2) is 0 Å². The lowest BCUT2D eigenvalue weighted by Gasteiger charge is -2.33. The van der Waals surface area contributed by atoms with Gasteiger partial charge in [-0.05, 0) is 42.5 Å². The zero-order valence-electron chi connectivity index (χ0n) is 13.3. The molecule has 0 spiro atoms. The zero-order valence-corrected chi connectivity index (χ0v) is 14.9. The Balaban J connectivity index is 1.61. The van der Waals surface area contributed by atoms with Crippen LogP contribution in [0.2, 0.25) is 5.02 Å². The molecule has 0 aliphatic carbocycles. The van der Waals surface area contributed by atoms with E-state index in [2.05, 4.69) is 0 Å². The second-order valence-corrected chi connectivity index (χ2v) is 7.91. The molecule has 1 aliphatic rings. The highest BCUT2D eigenvalue weighted by Crippen LogP contribution is 2.20. The Morgan fingerprint density at radius 1 is 1.08 bits per heavy atom. The van der Waals surface area contributed by atoms with Crippen LogP contribution in [0, 0.1) is 0 Å². The Morgan fingerprint density at radius 3 is 2.36 bits per heavy atom. The van der Waals surface area contributed by atoms with Crippen molar-refractivity contribution in [2.24, 2.45) is 0 Å². The summed E-state index contributed by atoms with van der Waals surface area (Å²) >= 11 is 5.80. The van der Waals surface area contributed by atoms with E-state index in [0.717, 1.165) is 0 Å². The van der Waals surface area contributed by atoms with Gasteiger partial charge in [0.05, 0.1) is 11.2 Å². The maximum absolute atomic E-state index is 12.6. The first-order chi connectivity index (χ1) is 12.0. The molecule has 0 unspecified atom stereocenters. The second-order valence-electron chi connectivity index (χ2n) is 5.53. The predicted octanol–water partition coefficient (Wildman–Crippen LogP) is 2.48. The maximum Gasteiger partial charge on any atom is 0.246 e. The Morgan fingerprint density at radius 2 is 1.76 bits per heavy atom. The third-order valence-electron chi connectivity index (χ3n) is 3.94. The van der Waals surface area contributed by atoms with Crippen LogP contribution < -0.4 is 0 Å². The van der Waals surface area contributed by atoms with Crippen LogP contribution in [-0.4, -0.2) is 49.7 Å². The van der Waals surface area contributed by atoms with Gasteiger partial charge >= 0.3 is 0 Å². The third-order valence-corrected chi connectivity index (χ3v) is 6.10. The van der Waals surface area contributed by atoms with Crippen LogP contribution in [0.25, 0.3) is 6.08 Å². The van der Waals surface area contributed by atoms with Crippen LogP contribution in [0.3, 0.4) is 0 Å². The fourth-order valence-electron chi connectivity index (χ4n) is 2.55. The molecule has 25 heavy (non-hydrogen) atoms. The Bertz CT molecular complexity index is 853. The minimum Gasteiger partial charge on any atom is -0.465 e. The summed E-state index contributed by atoms with van der Waals surface area (Å²) < 4.78 is 31.7. The quantitative estimate of drug-likeness (QED) is 0.764. The first-order valence-electron chi connectivity index (χ1n) is 7.73. The monoisotopic (exact) mass is 380 g/mol. The molecule has 2 aromatic rings. The molecule has 0 saturated carbocycles. The number of benzene rings is 1. The molecule has 3 rings (SSSR count). The van der Waals surface area contributed by atoms with Crippen LogP contribution in [0.1, 0.15) is 5.76 Å². The summed E-state index contributed by atoms with van der Waals surface area (Å²) in [7, 11) is -3.57.